The molecule has 1 aromatic rings. The van der Waals surface area contributed by atoms with Crippen LogP contribution in [0.2, 0.25) is 0 Å². The van der Waals surface area contributed by atoms with E-state index >= 15 is 0 Å². The van der Waals surface area contributed by atoms with E-state index in [0.717, 1.165) is 12.8 Å². The van der Waals surface area contributed by atoms with Crippen molar-refractivity contribution >= 4 is 6.03 Å². The lowest BCUT2D eigenvalue weighted by Gasteiger charge is -2.38. The van der Waals surface area contributed by atoms with E-state index in [0.29, 0.717) is 32.2 Å². The Bertz CT molecular complexity index is 581. The largest absolute Gasteiger partial charge is 0.347 e. The number of carbonyl (C=O) groups is 1. The van der Waals surface area contributed by atoms with Crippen molar-refractivity contribution in [1.82, 2.24) is 10.2 Å². The van der Waals surface area contributed by atoms with Crippen molar-refractivity contribution in [3.05, 3.63) is 35.4 Å². The monoisotopic (exact) mass is 330 g/mol. The molecule has 0 unspecified atom stereocenters. The molecule has 5 nitrogen and oxygen atoms in total. The molecule has 0 radical (unpaired) electrons. The Morgan fingerprint density at radius 3 is 2.38 bits per heavy atom. The molecule has 1 aliphatic carbocycles. The summed E-state index contributed by atoms with van der Waals surface area (Å²) in [6.07, 6.45) is 3.92. The maximum Gasteiger partial charge on any atom is 0.317 e. The molecular formula is C19H26N2O3. The fourth-order valence-corrected chi connectivity index (χ4v) is 3.74. The highest BCUT2D eigenvalue weighted by Gasteiger charge is 2.41. The van der Waals surface area contributed by atoms with Gasteiger partial charge in [0, 0.05) is 25.9 Å². The zero-order valence-corrected chi connectivity index (χ0v) is 14.3. The molecule has 4 rings (SSSR count). The van der Waals surface area contributed by atoms with Gasteiger partial charge in [-0.2, -0.15) is 0 Å². The molecule has 2 aliphatic heterocycles. The number of aryl methyl sites for hydroxylation is 1. The number of nitrogens with zero attached hydrogens (tertiary/aromatic N) is 1. The second-order valence-corrected chi connectivity index (χ2v) is 7.27. The topological polar surface area (TPSA) is 50.8 Å². The number of likely N-dealkylation sites (tertiary alicyclic amines) is 1. The van der Waals surface area contributed by atoms with Crippen molar-refractivity contribution < 1.29 is 14.3 Å². The van der Waals surface area contributed by atoms with Crippen LogP contribution in [0, 0.1) is 12.8 Å². The van der Waals surface area contributed by atoms with Crippen LogP contribution in [0.1, 0.15) is 42.9 Å². The van der Waals surface area contributed by atoms with Gasteiger partial charge in [0.15, 0.2) is 5.79 Å². The van der Waals surface area contributed by atoms with E-state index < -0.39 is 5.79 Å². The second kappa shape index (κ2) is 6.37. The van der Waals surface area contributed by atoms with Crippen LogP contribution in [0.5, 0.6) is 0 Å². The molecule has 2 saturated heterocycles. The number of benzene rings is 1. The first kappa shape index (κ1) is 15.9. The molecule has 5 heteroatoms. The van der Waals surface area contributed by atoms with Crippen LogP contribution in [0.25, 0.3) is 0 Å². The van der Waals surface area contributed by atoms with Gasteiger partial charge in [0.05, 0.1) is 19.3 Å². The zero-order chi connectivity index (χ0) is 16.6. The Morgan fingerprint density at radius 1 is 1.17 bits per heavy atom. The minimum absolute atomic E-state index is 0.0420. The van der Waals surface area contributed by atoms with Crippen molar-refractivity contribution in [2.75, 3.05) is 26.3 Å². The lowest BCUT2D eigenvalue weighted by atomic mass is 10.0. The van der Waals surface area contributed by atoms with Gasteiger partial charge in [-0.1, -0.05) is 29.8 Å². The van der Waals surface area contributed by atoms with Gasteiger partial charge < -0.3 is 19.7 Å². The Kier molecular flexibility index (Phi) is 4.22. The molecule has 1 aromatic carbocycles. The van der Waals surface area contributed by atoms with Crippen molar-refractivity contribution in [2.24, 2.45) is 5.92 Å². The molecule has 3 fully saturated rings. The summed E-state index contributed by atoms with van der Waals surface area (Å²) in [5.41, 5.74) is 2.46. The van der Waals surface area contributed by atoms with Gasteiger partial charge in [0.2, 0.25) is 0 Å². The molecule has 2 amide bonds. The van der Waals surface area contributed by atoms with E-state index in [9.17, 15) is 4.79 Å². The smallest absolute Gasteiger partial charge is 0.317 e. The quantitative estimate of drug-likeness (QED) is 0.927. The first-order chi connectivity index (χ1) is 11.7. The number of rotatable bonds is 3. The third kappa shape index (κ3) is 3.28. The Hall–Kier alpha value is -1.59. The highest BCUT2D eigenvalue weighted by molar-refractivity contribution is 5.75. The zero-order valence-electron chi connectivity index (χ0n) is 14.3. The molecule has 1 saturated carbocycles. The maximum absolute atomic E-state index is 12.7. The number of hydrogen-bond acceptors (Lipinski definition) is 3. The Balaban J connectivity index is 1.38. The van der Waals surface area contributed by atoms with Gasteiger partial charge >= 0.3 is 6.03 Å². The summed E-state index contributed by atoms with van der Waals surface area (Å²) in [5.74, 6) is 0.151. The summed E-state index contributed by atoms with van der Waals surface area (Å²) < 4.78 is 11.5. The van der Waals surface area contributed by atoms with E-state index in [1.807, 2.05) is 4.90 Å². The molecule has 0 bridgehead atoms. The van der Waals surface area contributed by atoms with E-state index in [4.69, 9.17) is 9.47 Å². The highest BCUT2D eigenvalue weighted by Crippen LogP contribution is 2.41. The Morgan fingerprint density at radius 2 is 1.79 bits per heavy atom. The summed E-state index contributed by atoms with van der Waals surface area (Å²) >= 11 is 0. The van der Waals surface area contributed by atoms with Crippen LogP contribution >= 0.6 is 0 Å². The van der Waals surface area contributed by atoms with Gasteiger partial charge in [-0.3, -0.25) is 0 Å². The van der Waals surface area contributed by atoms with Crippen molar-refractivity contribution in [3.63, 3.8) is 0 Å². The molecular weight excluding hydrogens is 304 g/mol. The van der Waals surface area contributed by atoms with Gasteiger partial charge in [-0.15, -0.1) is 0 Å². The normalized spacial score (nSPS) is 24.1. The molecule has 3 aliphatic rings. The molecule has 24 heavy (non-hydrogen) atoms. The maximum atomic E-state index is 12.7. The summed E-state index contributed by atoms with van der Waals surface area (Å²) in [6.45, 7) is 4.81. The third-order valence-electron chi connectivity index (χ3n) is 5.43. The van der Waals surface area contributed by atoms with Gasteiger partial charge in [-0.05, 0) is 31.2 Å². The number of urea groups is 1. The number of ether oxygens (including phenoxy) is 2. The van der Waals surface area contributed by atoms with Crippen LogP contribution in [0.15, 0.2) is 24.3 Å². The predicted molar refractivity (Wildman–Crippen MR) is 90.6 cm³/mol. The molecule has 1 N–H and O–H groups in total. The SMILES string of the molecule is Cc1ccc([C@@H](NC(=O)N2CCC3(CC2)OCCO3)C2CC2)cc1. The first-order valence-electron chi connectivity index (χ1n) is 9.05. The molecule has 1 spiro atoms. The van der Waals surface area contributed by atoms with Gasteiger partial charge in [-0.25, -0.2) is 4.79 Å². The van der Waals surface area contributed by atoms with Crippen molar-refractivity contribution in [1.29, 1.82) is 0 Å². The first-order valence-corrected chi connectivity index (χ1v) is 9.05. The lowest BCUT2D eigenvalue weighted by Crippen LogP contribution is -2.51. The summed E-state index contributed by atoms with van der Waals surface area (Å²) in [7, 11) is 0. The number of nitrogens with one attached hydrogen (secondary N) is 1. The fraction of sp³-hybridized carbons (Fsp3) is 0.632. The number of piperidine rings is 1. The summed E-state index contributed by atoms with van der Waals surface area (Å²) in [5, 5.41) is 3.27. The minimum Gasteiger partial charge on any atom is -0.347 e. The number of amides is 2. The predicted octanol–water partition coefficient (Wildman–Crippen LogP) is 2.99. The average Bonchev–Trinajstić information content (AvgIpc) is 3.35. The number of carbonyl (C=O) groups excluding carboxylic acids is 1. The molecule has 2 heterocycles. The van der Waals surface area contributed by atoms with E-state index in [1.165, 1.54) is 24.0 Å². The van der Waals surface area contributed by atoms with Gasteiger partial charge in [0.1, 0.15) is 0 Å². The van der Waals surface area contributed by atoms with E-state index in [-0.39, 0.29) is 12.1 Å². The summed E-state index contributed by atoms with van der Waals surface area (Å²) in [6, 6.07) is 8.70. The number of hydrogen-bond donors (Lipinski definition) is 1. The van der Waals surface area contributed by atoms with Crippen LogP contribution in [0.3, 0.4) is 0 Å². The second-order valence-electron chi connectivity index (χ2n) is 7.27. The third-order valence-corrected chi connectivity index (χ3v) is 5.43. The lowest BCUT2D eigenvalue weighted by molar-refractivity contribution is -0.181. The van der Waals surface area contributed by atoms with Gasteiger partial charge in [0.25, 0.3) is 0 Å². The highest BCUT2D eigenvalue weighted by atomic mass is 16.7. The summed E-state index contributed by atoms with van der Waals surface area (Å²) in [4.78, 5) is 14.6. The van der Waals surface area contributed by atoms with Crippen LogP contribution < -0.4 is 5.32 Å². The average molecular weight is 330 g/mol. The van der Waals surface area contributed by atoms with Crippen molar-refractivity contribution in [3.8, 4) is 0 Å². The fourth-order valence-electron chi connectivity index (χ4n) is 3.74. The standard InChI is InChI=1S/C19H26N2O3/c1-14-2-4-15(5-3-14)17(16-6-7-16)20-18(22)21-10-8-19(9-11-21)23-12-13-24-19/h2-5,16-17H,6-13H2,1H3,(H,20,22)/t17-/m1/s1. The molecule has 0 aromatic heterocycles. The van der Waals surface area contributed by atoms with Crippen LogP contribution in [-0.2, 0) is 9.47 Å². The minimum atomic E-state index is -0.427. The van der Waals surface area contributed by atoms with E-state index in [1.54, 1.807) is 0 Å². The van der Waals surface area contributed by atoms with Crippen LogP contribution in [-0.4, -0.2) is 43.0 Å². The molecule has 1 atom stereocenters. The van der Waals surface area contributed by atoms with Crippen molar-refractivity contribution in [2.45, 2.75) is 44.4 Å². The van der Waals surface area contributed by atoms with E-state index in [2.05, 4.69) is 36.5 Å². The van der Waals surface area contributed by atoms with Crippen LogP contribution in [0.4, 0.5) is 4.79 Å². The molecule has 130 valence electrons. The Labute approximate surface area is 143 Å².